The molecule has 4 heteroatoms. The standard InChI is InChI=1S/C14H10BrNO2/c15-10-1-2-13-11(3-10)12(7-18-13)14(8-16)4-9(5-14)6-17/h1-3,6-7,9H,4-5H2. The first-order chi connectivity index (χ1) is 8.68. The van der Waals surface area contributed by atoms with Crippen LogP contribution in [0.2, 0.25) is 0 Å². The van der Waals surface area contributed by atoms with Gasteiger partial charge in [0.25, 0.3) is 0 Å². The second-order valence-electron chi connectivity index (χ2n) is 4.79. The minimum atomic E-state index is -0.558. The molecule has 0 bridgehead atoms. The Morgan fingerprint density at radius 1 is 1.50 bits per heavy atom. The molecule has 0 N–H and O–H groups in total. The third kappa shape index (κ3) is 1.51. The van der Waals surface area contributed by atoms with Crippen LogP contribution in [0.1, 0.15) is 18.4 Å². The zero-order valence-corrected chi connectivity index (χ0v) is 11.1. The molecule has 3 rings (SSSR count). The molecule has 3 nitrogen and oxygen atoms in total. The van der Waals surface area contributed by atoms with Gasteiger partial charge in [-0.3, -0.25) is 0 Å². The van der Waals surface area contributed by atoms with Crippen molar-refractivity contribution >= 4 is 33.2 Å². The van der Waals surface area contributed by atoms with E-state index < -0.39 is 5.41 Å². The number of hydrogen-bond donors (Lipinski definition) is 0. The quantitative estimate of drug-likeness (QED) is 0.797. The smallest absolute Gasteiger partial charge is 0.134 e. The average Bonchev–Trinajstić information content (AvgIpc) is 2.73. The van der Waals surface area contributed by atoms with Crippen LogP contribution in [-0.2, 0) is 10.2 Å². The summed E-state index contributed by atoms with van der Waals surface area (Å²) in [6.45, 7) is 0. The van der Waals surface area contributed by atoms with Crippen LogP contribution in [0.5, 0.6) is 0 Å². The van der Waals surface area contributed by atoms with Crippen LogP contribution >= 0.6 is 15.9 Å². The summed E-state index contributed by atoms with van der Waals surface area (Å²) in [5, 5.41) is 10.4. The summed E-state index contributed by atoms with van der Waals surface area (Å²) in [6, 6.07) is 8.10. The molecule has 2 aromatic rings. The van der Waals surface area contributed by atoms with E-state index in [1.54, 1.807) is 6.26 Å². The van der Waals surface area contributed by atoms with E-state index in [1.165, 1.54) is 0 Å². The van der Waals surface area contributed by atoms with Crippen LogP contribution in [-0.4, -0.2) is 6.29 Å². The Morgan fingerprint density at radius 2 is 2.28 bits per heavy atom. The molecule has 1 fully saturated rings. The van der Waals surface area contributed by atoms with Gasteiger partial charge in [0, 0.05) is 21.3 Å². The molecule has 1 aliphatic rings. The van der Waals surface area contributed by atoms with Gasteiger partial charge in [-0.05, 0) is 31.0 Å². The average molecular weight is 304 g/mol. The van der Waals surface area contributed by atoms with Gasteiger partial charge in [0.2, 0.25) is 0 Å². The number of hydrogen-bond acceptors (Lipinski definition) is 3. The van der Waals surface area contributed by atoms with Crippen molar-refractivity contribution in [3.8, 4) is 6.07 Å². The highest BCUT2D eigenvalue weighted by Gasteiger charge is 2.47. The van der Waals surface area contributed by atoms with Gasteiger partial charge in [0.15, 0.2) is 0 Å². The lowest BCUT2D eigenvalue weighted by molar-refractivity contribution is -0.114. The number of halogens is 1. The fraction of sp³-hybridized carbons (Fsp3) is 0.286. The maximum Gasteiger partial charge on any atom is 0.134 e. The Hall–Kier alpha value is -1.60. The van der Waals surface area contributed by atoms with Crippen LogP contribution < -0.4 is 0 Å². The van der Waals surface area contributed by atoms with Crippen molar-refractivity contribution in [3.63, 3.8) is 0 Å². The van der Waals surface area contributed by atoms with Crippen molar-refractivity contribution in [1.29, 1.82) is 5.26 Å². The van der Waals surface area contributed by atoms with Crippen LogP contribution in [0.25, 0.3) is 11.0 Å². The van der Waals surface area contributed by atoms with Gasteiger partial charge in [-0.15, -0.1) is 0 Å². The summed E-state index contributed by atoms with van der Waals surface area (Å²) < 4.78 is 6.45. The SMILES string of the molecule is N#CC1(c2coc3ccc(Br)cc23)CC(C=O)C1. The van der Waals surface area contributed by atoms with Gasteiger partial charge in [-0.25, -0.2) is 0 Å². The predicted molar refractivity (Wildman–Crippen MR) is 70.0 cm³/mol. The first-order valence-electron chi connectivity index (χ1n) is 5.72. The Morgan fingerprint density at radius 3 is 2.94 bits per heavy atom. The summed E-state index contributed by atoms with van der Waals surface area (Å²) in [6.07, 6.45) is 3.78. The number of benzene rings is 1. The molecule has 0 saturated heterocycles. The molecule has 0 radical (unpaired) electrons. The van der Waals surface area contributed by atoms with E-state index in [9.17, 15) is 10.1 Å². The number of carbonyl (C=O) groups is 1. The van der Waals surface area contributed by atoms with Gasteiger partial charge in [-0.1, -0.05) is 15.9 Å². The number of nitrogens with zero attached hydrogens (tertiary/aromatic N) is 1. The molecular formula is C14H10BrNO2. The van der Waals surface area contributed by atoms with Crippen molar-refractivity contribution in [3.05, 3.63) is 34.5 Å². The van der Waals surface area contributed by atoms with Gasteiger partial charge in [0.05, 0.1) is 17.7 Å². The van der Waals surface area contributed by atoms with Gasteiger partial charge < -0.3 is 9.21 Å². The van der Waals surface area contributed by atoms with Crippen LogP contribution in [0.3, 0.4) is 0 Å². The number of fused-ring (bicyclic) bond motifs is 1. The number of nitriles is 1. The van der Waals surface area contributed by atoms with Crippen molar-refractivity contribution in [2.75, 3.05) is 0 Å². The highest BCUT2D eigenvalue weighted by Crippen LogP contribution is 2.49. The van der Waals surface area contributed by atoms with Crippen molar-refractivity contribution in [2.24, 2.45) is 5.92 Å². The molecule has 1 aromatic heterocycles. The Labute approximate surface area is 113 Å². The molecule has 0 amide bonds. The van der Waals surface area contributed by atoms with Gasteiger partial charge >= 0.3 is 0 Å². The maximum absolute atomic E-state index is 10.7. The number of aldehydes is 1. The lowest BCUT2D eigenvalue weighted by Gasteiger charge is -2.39. The number of carbonyl (C=O) groups excluding carboxylic acids is 1. The molecule has 90 valence electrons. The van der Waals surface area contributed by atoms with E-state index >= 15 is 0 Å². The Balaban J connectivity index is 2.12. The molecule has 0 aliphatic heterocycles. The molecule has 0 atom stereocenters. The van der Waals surface area contributed by atoms with E-state index in [0.29, 0.717) is 12.8 Å². The van der Waals surface area contributed by atoms with Crippen LogP contribution in [0.15, 0.2) is 33.4 Å². The number of furan rings is 1. The van der Waals surface area contributed by atoms with Crippen LogP contribution in [0, 0.1) is 17.2 Å². The first kappa shape index (κ1) is 11.5. The summed E-state index contributed by atoms with van der Waals surface area (Å²) in [5.74, 6) is 0.00162. The molecule has 18 heavy (non-hydrogen) atoms. The fourth-order valence-corrected chi connectivity index (χ4v) is 3.04. The first-order valence-corrected chi connectivity index (χ1v) is 6.51. The highest BCUT2D eigenvalue weighted by molar-refractivity contribution is 9.10. The van der Waals surface area contributed by atoms with Crippen LogP contribution in [0.4, 0.5) is 0 Å². The monoisotopic (exact) mass is 303 g/mol. The van der Waals surface area contributed by atoms with Crippen molar-refractivity contribution in [1.82, 2.24) is 0 Å². The summed E-state index contributed by atoms with van der Waals surface area (Å²) in [4.78, 5) is 10.7. The molecule has 1 saturated carbocycles. The maximum atomic E-state index is 10.7. The summed E-state index contributed by atoms with van der Waals surface area (Å²) in [7, 11) is 0. The zero-order valence-electron chi connectivity index (χ0n) is 9.52. The minimum Gasteiger partial charge on any atom is -0.464 e. The molecule has 1 aliphatic carbocycles. The largest absolute Gasteiger partial charge is 0.464 e. The van der Waals surface area contributed by atoms with E-state index in [1.807, 2.05) is 18.2 Å². The van der Waals surface area contributed by atoms with E-state index in [-0.39, 0.29) is 5.92 Å². The molecular weight excluding hydrogens is 294 g/mol. The van der Waals surface area contributed by atoms with Gasteiger partial charge in [0.1, 0.15) is 11.9 Å². The van der Waals surface area contributed by atoms with Crippen molar-refractivity contribution < 1.29 is 9.21 Å². The molecule has 1 aromatic carbocycles. The Kier molecular flexibility index (Phi) is 2.53. The van der Waals surface area contributed by atoms with Crippen molar-refractivity contribution in [2.45, 2.75) is 18.3 Å². The van der Waals surface area contributed by atoms with Gasteiger partial charge in [-0.2, -0.15) is 5.26 Å². The fourth-order valence-electron chi connectivity index (χ4n) is 2.67. The second kappa shape index (κ2) is 3.96. The normalized spacial score (nSPS) is 26.6. The van der Waals surface area contributed by atoms with E-state index in [2.05, 4.69) is 22.0 Å². The molecule has 1 heterocycles. The third-order valence-corrected chi connectivity index (χ3v) is 4.17. The minimum absolute atomic E-state index is 0.00162. The predicted octanol–water partition coefficient (Wildman–Crippen LogP) is 3.57. The zero-order chi connectivity index (χ0) is 12.8. The van der Waals surface area contributed by atoms with E-state index in [0.717, 1.165) is 27.3 Å². The third-order valence-electron chi connectivity index (χ3n) is 3.68. The lowest BCUT2D eigenvalue weighted by atomic mass is 9.60. The molecule has 0 spiro atoms. The number of rotatable bonds is 2. The second-order valence-corrected chi connectivity index (χ2v) is 5.70. The summed E-state index contributed by atoms with van der Waals surface area (Å²) in [5.41, 5.74) is 1.12. The topological polar surface area (TPSA) is 54.0 Å². The Bertz CT molecular complexity index is 662. The van der Waals surface area contributed by atoms with E-state index in [4.69, 9.17) is 4.42 Å². The molecule has 0 unspecified atom stereocenters. The highest BCUT2D eigenvalue weighted by atomic mass is 79.9. The lowest BCUT2D eigenvalue weighted by Crippen LogP contribution is -2.40. The summed E-state index contributed by atoms with van der Waals surface area (Å²) >= 11 is 3.42.